The number of nitriles is 1. The molecule has 1 aliphatic carbocycles. The minimum atomic E-state index is -0.426. The Morgan fingerprint density at radius 2 is 1.90 bits per heavy atom. The Morgan fingerprint density at radius 1 is 1.19 bits per heavy atom. The van der Waals surface area contributed by atoms with Crippen LogP contribution in [0, 0.1) is 11.3 Å². The second kappa shape index (κ2) is 5.69. The SMILES string of the molecule is CN(Cc1ccc(C#N)cc1)C1Cc2ccccc2C1O. The Kier molecular flexibility index (Phi) is 3.74. The van der Waals surface area contributed by atoms with E-state index in [2.05, 4.69) is 17.0 Å². The average molecular weight is 278 g/mol. The first-order chi connectivity index (χ1) is 10.2. The first kappa shape index (κ1) is 13.8. The lowest BCUT2D eigenvalue weighted by Gasteiger charge is -2.27. The van der Waals surface area contributed by atoms with Crippen molar-refractivity contribution in [3.8, 4) is 6.07 Å². The van der Waals surface area contributed by atoms with Gasteiger partial charge in [0.1, 0.15) is 0 Å². The molecule has 0 bridgehead atoms. The Morgan fingerprint density at radius 3 is 2.57 bits per heavy atom. The fourth-order valence-electron chi connectivity index (χ4n) is 3.04. The molecule has 0 fully saturated rings. The normalized spacial score (nSPS) is 20.3. The van der Waals surface area contributed by atoms with Crippen molar-refractivity contribution in [3.05, 3.63) is 70.8 Å². The molecule has 2 aromatic rings. The molecule has 0 aliphatic heterocycles. The highest BCUT2D eigenvalue weighted by Crippen LogP contribution is 2.34. The number of benzene rings is 2. The largest absolute Gasteiger partial charge is 0.387 e. The van der Waals surface area contributed by atoms with Crippen molar-refractivity contribution >= 4 is 0 Å². The minimum Gasteiger partial charge on any atom is -0.387 e. The maximum atomic E-state index is 10.5. The lowest BCUT2D eigenvalue weighted by molar-refractivity contribution is 0.0721. The summed E-state index contributed by atoms with van der Waals surface area (Å²) in [5, 5.41) is 19.3. The Bertz CT molecular complexity index is 672. The molecule has 0 aromatic heterocycles. The summed E-state index contributed by atoms with van der Waals surface area (Å²) < 4.78 is 0. The summed E-state index contributed by atoms with van der Waals surface area (Å²) in [5.41, 5.74) is 4.12. The van der Waals surface area contributed by atoms with Crippen molar-refractivity contribution in [1.29, 1.82) is 5.26 Å². The lowest BCUT2D eigenvalue weighted by atomic mass is 10.1. The van der Waals surface area contributed by atoms with Crippen molar-refractivity contribution in [3.63, 3.8) is 0 Å². The van der Waals surface area contributed by atoms with Gasteiger partial charge in [-0.05, 0) is 42.3 Å². The van der Waals surface area contributed by atoms with Crippen molar-refractivity contribution in [2.24, 2.45) is 0 Å². The van der Waals surface area contributed by atoms with E-state index in [1.165, 1.54) is 5.56 Å². The van der Waals surface area contributed by atoms with Crippen LogP contribution in [-0.4, -0.2) is 23.1 Å². The molecular weight excluding hydrogens is 260 g/mol. The molecule has 0 heterocycles. The number of fused-ring (bicyclic) bond motifs is 1. The van der Waals surface area contributed by atoms with Crippen molar-refractivity contribution in [1.82, 2.24) is 4.90 Å². The maximum absolute atomic E-state index is 10.5. The second-order valence-corrected chi connectivity index (χ2v) is 5.64. The van der Waals surface area contributed by atoms with E-state index in [0.717, 1.165) is 24.1 Å². The fourth-order valence-corrected chi connectivity index (χ4v) is 3.04. The zero-order chi connectivity index (χ0) is 14.8. The molecule has 106 valence electrons. The Balaban J connectivity index is 1.72. The van der Waals surface area contributed by atoms with Crippen molar-refractivity contribution < 1.29 is 5.11 Å². The van der Waals surface area contributed by atoms with E-state index >= 15 is 0 Å². The van der Waals surface area contributed by atoms with Gasteiger partial charge in [-0.2, -0.15) is 5.26 Å². The summed E-state index contributed by atoms with van der Waals surface area (Å²) in [6, 6.07) is 18.0. The van der Waals surface area contributed by atoms with Crippen LogP contribution in [0.5, 0.6) is 0 Å². The minimum absolute atomic E-state index is 0.109. The summed E-state index contributed by atoms with van der Waals surface area (Å²) >= 11 is 0. The topological polar surface area (TPSA) is 47.3 Å². The molecule has 0 saturated heterocycles. The van der Waals surface area contributed by atoms with E-state index in [0.29, 0.717) is 5.56 Å². The van der Waals surface area contributed by atoms with Crippen LogP contribution >= 0.6 is 0 Å². The molecule has 0 saturated carbocycles. The highest BCUT2D eigenvalue weighted by atomic mass is 16.3. The van der Waals surface area contributed by atoms with Gasteiger partial charge in [-0.3, -0.25) is 4.90 Å². The third-order valence-electron chi connectivity index (χ3n) is 4.25. The quantitative estimate of drug-likeness (QED) is 0.939. The number of nitrogens with zero attached hydrogens (tertiary/aromatic N) is 2. The van der Waals surface area contributed by atoms with Crippen LogP contribution in [-0.2, 0) is 13.0 Å². The number of aliphatic hydroxyl groups excluding tert-OH is 1. The lowest BCUT2D eigenvalue weighted by Crippen LogP contribution is -2.34. The maximum Gasteiger partial charge on any atom is 0.0991 e. The highest BCUT2D eigenvalue weighted by Gasteiger charge is 2.33. The van der Waals surface area contributed by atoms with Gasteiger partial charge < -0.3 is 5.11 Å². The van der Waals surface area contributed by atoms with E-state index in [9.17, 15) is 5.11 Å². The molecule has 1 aliphatic rings. The first-order valence-electron chi connectivity index (χ1n) is 7.14. The molecule has 3 heteroatoms. The molecule has 0 radical (unpaired) electrons. The van der Waals surface area contributed by atoms with Crippen LogP contribution in [0.3, 0.4) is 0 Å². The van der Waals surface area contributed by atoms with Crippen LogP contribution < -0.4 is 0 Å². The summed E-state index contributed by atoms with van der Waals surface area (Å²) in [4.78, 5) is 2.19. The number of rotatable bonds is 3. The Labute approximate surface area is 125 Å². The summed E-state index contributed by atoms with van der Waals surface area (Å²) in [7, 11) is 2.04. The highest BCUT2D eigenvalue weighted by molar-refractivity contribution is 5.36. The molecule has 3 nitrogen and oxygen atoms in total. The van der Waals surface area contributed by atoms with Crippen LogP contribution in [0.15, 0.2) is 48.5 Å². The molecule has 2 aromatic carbocycles. The van der Waals surface area contributed by atoms with Gasteiger partial charge in [-0.25, -0.2) is 0 Å². The smallest absolute Gasteiger partial charge is 0.0991 e. The predicted octanol–water partition coefficient (Wildman–Crippen LogP) is 2.65. The molecule has 1 N–H and O–H groups in total. The van der Waals surface area contributed by atoms with Crippen LogP contribution in [0.4, 0.5) is 0 Å². The van der Waals surface area contributed by atoms with Gasteiger partial charge in [0, 0.05) is 12.6 Å². The van der Waals surface area contributed by atoms with Crippen LogP contribution in [0.2, 0.25) is 0 Å². The third kappa shape index (κ3) is 2.69. The van der Waals surface area contributed by atoms with Crippen molar-refractivity contribution in [2.75, 3.05) is 7.05 Å². The monoisotopic (exact) mass is 278 g/mol. The average Bonchev–Trinajstić information content (AvgIpc) is 2.86. The number of aliphatic hydroxyl groups is 1. The first-order valence-corrected chi connectivity index (χ1v) is 7.14. The zero-order valence-electron chi connectivity index (χ0n) is 12.0. The van der Waals surface area contributed by atoms with Gasteiger partial charge in [0.2, 0.25) is 0 Å². The predicted molar refractivity (Wildman–Crippen MR) is 81.5 cm³/mol. The van der Waals surface area contributed by atoms with E-state index in [1.54, 1.807) is 0 Å². The van der Waals surface area contributed by atoms with Gasteiger partial charge in [0.05, 0.1) is 17.7 Å². The number of hydrogen-bond acceptors (Lipinski definition) is 3. The summed E-state index contributed by atoms with van der Waals surface area (Å²) in [6.45, 7) is 0.765. The van der Waals surface area contributed by atoms with E-state index in [-0.39, 0.29) is 6.04 Å². The fraction of sp³-hybridized carbons (Fsp3) is 0.278. The van der Waals surface area contributed by atoms with E-state index < -0.39 is 6.10 Å². The number of hydrogen-bond donors (Lipinski definition) is 1. The van der Waals surface area contributed by atoms with Crippen LogP contribution in [0.25, 0.3) is 0 Å². The molecular formula is C18H18N2O. The zero-order valence-corrected chi connectivity index (χ0v) is 12.0. The van der Waals surface area contributed by atoms with Gasteiger partial charge in [0.25, 0.3) is 0 Å². The standard InChI is InChI=1S/C18H18N2O/c1-20(12-14-8-6-13(11-19)7-9-14)17-10-15-4-2-3-5-16(15)18(17)21/h2-9,17-18,21H,10,12H2,1H3. The van der Waals surface area contributed by atoms with E-state index in [4.69, 9.17) is 5.26 Å². The second-order valence-electron chi connectivity index (χ2n) is 5.64. The molecule has 0 amide bonds. The van der Waals surface area contributed by atoms with Gasteiger partial charge >= 0.3 is 0 Å². The van der Waals surface area contributed by atoms with E-state index in [1.807, 2.05) is 49.5 Å². The molecule has 2 atom stereocenters. The molecule has 0 spiro atoms. The molecule has 21 heavy (non-hydrogen) atoms. The molecule has 2 unspecified atom stereocenters. The Hall–Kier alpha value is -2.15. The van der Waals surface area contributed by atoms with Gasteiger partial charge in [-0.1, -0.05) is 36.4 Å². The number of likely N-dealkylation sites (N-methyl/N-ethyl adjacent to an activating group) is 1. The summed E-state index contributed by atoms with van der Waals surface area (Å²) in [6.07, 6.45) is 0.453. The summed E-state index contributed by atoms with van der Waals surface area (Å²) in [5.74, 6) is 0. The van der Waals surface area contributed by atoms with Gasteiger partial charge in [-0.15, -0.1) is 0 Å². The molecule has 3 rings (SSSR count). The van der Waals surface area contributed by atoms with Crippen molar-refractivity contribution in [2.45, 2.75) is 25.1 Å². The third-order valence-corrected chi connectivity index (χ3v) is 4.25. The van der Waals surface area contributed by atoms with Gasteiger partial charge in [0.15, 0.2) is 0 Å². The van der Waals surface area contributed by atoms with Crippen LogP contribution in [0.1, 0.15) is 28.4 Å².